The lowest BCUT2D eigenvalue weighted by molar-refractivity contribution is 0.0135. The molecule has 0 aromatic heterocycles. The average molecular weight is 141 g/mol. The van der Waals surface area contributed by atoms with Crippen molar-refractivity contribution in [2.24, 2.45) is 0 Å². The van der Waals surface area contributed by atoms with Gasteiger partial charge in [-0.25, -0.2) is 0 Å². The van der Waals surface area contributed by atoms with E-state index in [0.29, 0.717) is 0 Å². The zero-order valence-corrected chi connectivity index (χ0v) is 6.21. The monoisotopic (exact) mass is 141 g/mol. The van der Waals surface area contributed by atoms with E-state index in [1.54, 1.807) is 6.20 Å². The fourth-order valence-corrected chi connectivity index (χ4v) is 0.829. The smallest absolute Gasteiger partial charge is 0.160 e. The van der Waals surface area contributed by atoms with Crippen LogP contribution in [0.2, 0.25) is 0 Å². The molecule has 1 heterocycles. The summed E-state index contributed by atoms with van der Waals surface area (Å²) in [6.45, 7) is 4.50. The molecule has 10 heavy (non-hydrogen) atoms. The van der Waals surface area contributed by atoms with E-state index in [9.17, 15) is 0 Å². The molecule has 1 rings (SSSR count). The summed E-state index contributed by atoms with van der Waals surface area (Å²) < 4.78 is 5.30. The van der Waals surface area contributed by atoms with E-state index < -0.39 is 0 Å². The average Bonchev–Trinajstić information content (AvgIpc) is 2.03. The van der Waals surface area contributed by atoms with Crippen molar-refractivity contribution >= 4 is 0 Å². The summed E-state index contributed by atoms with van der Waals surface area (Å²) in [5.41, 5.74) is 0. The van der Waals surface area contributed by atoms with Crippen LogP contribution in [0.15, 0.2) is 12.3 Å². The van der Waals surface area contributed by atoms with E-state index in [1.165, 1.54) is 0 Å². The maximum Gasteiger partial charge on any atom is 0.160 e. The standard InChI is InChI=1S/C7H13N2O/c1-2-3-9-7-6-8-4-5-10-7/h2-3,7-8H,4-6H2,1H3/b3-2+. The third-order valence-corrected chi connectivity index (χ3v) is 1.31. The molecule has 3 heteroatoms. The van der Waals surface area contributed by atoms with Gasteiger partial charge in [-0.05, 0) is 6.92 Å². The minimum atomic E-state index is 0.0324. The van der Waals surface area contributed by atoms with Gasteiger partial charge in [0.2, 0.25) is 0 Å². The van der Waals surface area contributed by atoms with E-state index in [0.717, 1.165) is 19.7 Å². The lowest BCUT2D eigenvalue weighted by Crippen LogP contribution is -2.42. The molecule has 1 atom stereocenters. The highest BCUT2D eigenvalue weighted by molar-refractivity contribution is 4.77. The molecule has 0 aliphatic carbocycles. The van der Waals surface area contributed by atoms with Crippen LogP contribution in [-0.2, 0) is 4.74 Å². The molecule has 0 aromatic carbocycles. The third kappa shape index (κ3) is 2.37. The zero-order valence-electron chi connectivity index (χ0n) is 6.21. The first-order chi connectivity index (χ1) is 4.93. The second-order valence-corrected chi connectivity index (χ2v) is 2.16. The van der Waals surface area contributed by atoms with Gasteiger partial charge in [-0.2, -0.15) is 0 Å². The van der Waals surface area contributed by atoms with Crippen molar-refractivity contribution < 1.29 is 4.74 Å². The van der Waals surface area contributed by atoms with Gasteiger partial charge in [-0.1, -0.05) is 6.08 Å². The summed E-state index contributed by atoms with van der Waals surface area (Å²) in [5, 5.41) is 7.33. The van der Waals surface area contributed by atoms with Crippen LogP contribution < -0.4 is 10.6 Å². The second kappa shape index (κ2) is 4.30. The van der Waals surface area contributed by atoms with Gasteiger partial charge in [0, 0.05) is 19.3 Å². The molecule has 0 amide bonds. The second-order valence-electron chi connectivity index (χ2n) is 2.16. The van der Waals surface area contributed by atoms with E-state index in [1.807, 2.05) is 13.0 Å². The van der Waals surface area contributed by atoms with E-state index in [2.05, 4.69) is 10.6 Å². The molecule has 0 saturated carbocycles. The van der Waals surface area contributed by atoms with Gasteiger partial charge >= 0.3 is 0 Å². The number of ether oxygens (including phenoxy) is 1. The topological polar surface area (TPSA) is 35.4 Å². The lowest BCUT2D eigenvalue weighted by atomic mass is 10.4. The van der Waals surface area contributed by atoms with E-state index in [-0.39, 0.29) is 6.23 Å². The van der Waals surface area contributed by atoms with Gasteiger partial charge in [0.1, 0.15) is 0 Å². The highest BCUT2D eigenvalue weighted by atomic mass is 16.5. The molecule has 1 N–H and O–H groups in total. The van der Waals surface area contributed by atoms with Gasteiger partial charge < -0.3 is 10.1 Å². The molecule has 1 aliphatic rings. The number of morpholine rings is 1. The highest BCUT2D eigenvalue weighted by Gasteiger charge is 2.10. The minimum absolute atomic E-state index is 0.0324. The van der Waals surface area contributed by atoms with Gasteiger partial charge in [-0.15, -0.1) is 0 Å². The van der Waals surface area contributed by atoms with Crippen molar-refractivity contribution in [2.75, 3.05) is 19.7 Å². The van der Waals surface area contributed by atoms with Crippen LogP contribution in [0.1, 0.15) is 6.92 Å². The molecule has 1 aliphatic heterocycles. The molecule has 1 saturated heterocycles. The van der Waals surface area contributed by atoms with Crippen LogP contribution in [0, 0.1) is 0 Å². The Hall–Kier alpha value is -0.540. The fourth-order valence-electron chi connectivity index (χ4n) is 0.829. The van der Waals surface area contributed by atoms with Crippen LogP contribution in [-0.4, -0.2) is 25.9 Å². The van der Waals surface area contributed by atoms with Gasteiger partial charge in [-0.3, -0.25) is 5.32 Å². The van der Waals surface area contributed by atoms with Crippen molar-refractivity contribution in [3.63, 3.8) is 0 Å². The van der Waals surface area contributed by atoms with Gasteiger partial charge in [0.15, 0.2) is 6.23 Å². The number of nitrogens with zero attached hydrogens (tertiary/aromatic N) is 1. The lowest BCUT2D eigenvalue weighted by Gasteiger charge is -2.21. The molecular formula is C7H13N2O. The Kier molecular flexibility index (Phi) is 3.26. The molecular weight excluding hydrogens is 128 g/mol. The van der Waals surface area contributed by atoms with Crippen molar-refractivity contribution in [2.45, 2.75) is 13.2 Å². The third-order valence-electron chi connectivity index (χ3n) is 1.31. The molecule has 57 valence electrons. The van der Waals surface area contributed by atoms with Crippen LogP contribution in [0.4, 0.5) is 0 Å². The quantitative estimate of drug-likeness (QED) is 0.590. The van der Waals surface area contributed by atoms with Gasteiger partial charge in [0.05, 0.1) is 6.61 Å². The minimum Gasteiger partial charge on any atom is -0.354 e. The first-order valence-electron chi connectivity index (χ1n) is 3.57. The van der Waals surface area contributed by atoms with Gasteiger partial charge in [0.25, 0.3) is 0 Å². The Labute approximate surface area is 61.4 Å². The molecule has 3 nitrogen and oxygen atoms in total. The molecule has 1 radical (unpaired) electrons. The summed E-state index contributed by atoms with van der Waals surface area (Å²) in [6, 6.07) is 0. The fraction of sp³-hybridized carbons (Fsp3) is 0.714. The number of nitrogens with one attached hydrogen (secondary N) is 1. The summed E-state index contributed by atoms with van der Waals surface area (Å²) in [6.07, 6.45) is 3.71. The van der Waals surface area contributed by atoms with Crippen LogP contribution in [0.3, 0.4) is 0 Å². The van der Waals surface area contributed by atoms with Crippen molar-refractivity contribution in [3.05, 3.63) is 12.3 Å². The number of allylic oxidation sites excluding steroid dienone is 1. The Morgan fingerprint density at radius 3 is 3.20 bits per heavy atom. The zero-order chi connectivity index (χ0) is 7.23. The van der Waals surface area contributed by atoms with Crippen LogP contribution in [0.25, 0.3) is 0 Å². The molecule has 0 bridgehead atoms. The predicted molar refractivity (Wildman–Crippen MR) is 39.6 cm³/mol. The first kappa shape index (κ1) is 7.57. The van der Waals surface area contributed by atoms with Crippen molar-refractivity contribution in [1.29, 1.82) is 0 Å². The largest absolute Gasteiger partial charge is 0.354 e. The molecule has 0 aromatic rings. The Morgan fingerprint density at radius 2 is 2.60 bits per heavy atom. The Balaban J connectivity index is 2.13. The Morgan fingerprint density at radius 1 is 1.70 bits per heavy atom. The first-order valence-corrected chi connectivity index (χ1v) is 3.57. The summed E-state index contributed by atoms with van der Waals surface area (Å²) in [4.78, 5) is 0. The summed E-state index contributed by atoms with van der Waals surface area (Å²) in [7, 11) is 0. The molecule has 0 spiro atoms. The maximum atomic E-state index is 5.30. The number of hydrogen-bond donors (Lipinski definition) is 1. The van der Waals surface area contributed by atoms with Crippen LogP contribution in [0.5, 0.6) is 0 Å². The predicted octanol–water partition coefficient (Wildman–Crippen LogP) is 0.0703. The van der Waals surface area contributed by atoms with Crippen LogP contribution >= 0.6 is 0 Å². The maximum absolute atomic E-state index is 5.30. The highest BCUT2D eigenvalue weighted by Crippen LogP contribution is 1.92. The summed E-state index contributed by atoms with van der Waals surface area (Å²) in [5.74, 6) is 0. The molecule has 1 unspecified atom stereocenters. The van der Waals surface area contributed by atoms with Crippen molar-refractivity contribution in [3.8, 4) is 0 Å². The van der Waals surface area contributed by atoms with E-state index >= 15 is 0 Å². The van der Waals surface area contributed by atoms with Crippen molar-refractivity contribution in [1.82, 2.24) is 10.6 Å². The van der Waals surface area contributed by atoms with E-state index in [4.69, 9.17) is 4.74 Å². The Bertz CT molecular complexity index is 108. The molecule has 1 fully saturated rings. The normalized spacial score (nSPS) is 27.1. The number of hydrogen-bond acceptors (Lipinski definition) is 2. The number of rotatable bonds is 2. The summed E-state index contributed by atoms with van der Waals surface area (Å²) >= 11 is 0. The SMILES string of the molecule is C/C=C/[N]C1CNCCO1.